The van der Waals surface area contributed by atoms with E-state index in [1.165, 1.54) is 42.5 Å². The van der Waals surface area contributed by atoms with Crippen molar-refractivity contribution in [1.29, 1.82) is 0 Å². The van der Waals surface area contributed by atoms with Crippen LogP contribution < -0.4 is 10.1 Å². The number of rotatable bonds is 5. The molecule has 8 heteroatoms. The van der Waals surface area contributed by atoms with E-state index in [9.17, 15) is 20.0 Å². The van der Waals surface area contributed by atoms with E-state index < -0.39 is 10.8 Å². The second-order valence-electron chi connectivity index (χ2n) is 4.25. The molecule has 0 fully saturated rings. The number of hydrogen-bond donors (Lipinski definition) is 2. The lowest BCUT2D eigenvalue weighted by Gasteiger charge is -2.09. The molecule has 0 aliphatic heterocycles. The molecule has 0 bridgehead atoms. The molecule has 2 aromatic rings. The van der Waals surface area contributed by atoms with E-state index in [0.717, 1.165) is 0 Å². The van der Waals surface area contributed by atoms with Crippen LogP contribution in [0.25, 0.3) is 0 Å². The molecule has 0 aliphatic rings. The lowest BCUT2D eigenvalue weighted by Crippen LogP contribution is -2.20. The molecule has 7 nitrogen and oxygen atoms in total. The molecule has 0 saturated heterocycles. The van der Waals surface area contributed by atoms with Gasteiger partial charge in [0.2, 0.25) is 0 Å². The molecule has 0 aliphatic carbocycles. The Labute approximate surface area is 130 Å². The molecule has 0 heterocycles. The summed E-state index contributed by atoms with van der Waals surface area (Å²) in [4.78, 5) is 21.7. The fraction of sp³-hybridized carbons (Fsp3) is 0.0714. The number of benzene rings is 2. The third kappa shape index (κ3) is 4.10. The van der Waals surface area contributed by atoms with Gasteiger partial charge in [0.05, 0.1) is 10.6 Å². The standard InChI is InChI=1S/C14H11ClN2O5/c15-9-1-6-13(18)12(7-9)16-14(19)8-22-11-4-2-10(3-5-11)17(20)21/h1-7,18H,8H2,(H,16,19). The first-order chi connectivity index (χ1) is 10.5. The van der Waals surface area contributed by atoms with Gasteiger partial charge in [-0.05, 0) is 30.3 Å². The summed E-state index contributed by atoms with van der Waals surface area (Å²) in [6.07, 6.45) is 0. The number of halogens is 1. The SMILES string of the molecule is O=C(COc1ccc([N+](=O)[O-])cc1)Nc1cc(Cl)ccc1O. The van der Waals surface area contributed by atoms with Crippen molar-refractivity contribution < 1.29 is 19.6 Å². The molecule has 0 unspecified atom stereocenters. The summed E-state index contributed by atoms with van der Waals surface area (Å²) in [7, 11) is 0. The number of carbonyl (C=O) groups excluding carboxylic acids is 1. The normalized spacial score (nSPS) is 10.0. The molecule has 22 heavy (non-hydrogen) atoms. The maximum Gasteiger partial charge on any atom is 0.269 e. The number of phenols is 1. The smallest absolute Gasteiger partial charge is 0.269 e. The number of nitro groups is 1. The minimum atomic E-state index is -0.529. The number of non-ortho nitro benzene ring substituents is 1. The van der Waals surface area contributed by atoms with E-state index in [1.54, 1.807) is 0 Å². The highest BCUT2D eigenvalue weighted by Gasteiger charge is 2.09. The fourth-order valence-corrected chi connectivity index (χ4v) is 1.78. The van der Waals surface area contributed by atoms with E-state index in [4.69, 9.17) is 16.3 Å². The molecule has 0 spiro atoms. The number of nitrogens with zero attached hydrogens (tertiary/aromatic N) is 1. The van der Waals surface area contributed by atoms with Crippen molar-refractivity contribution in [2.45, 2.75) is 0 Å². The highest BCUT2D eigenvalue weighted by atomic mass is 35.5. The highest BCUT2D eigenvalue weighted by molar-refractivity contribution is 6.31. The predicted molar refractivity (Wildman–Crippen MR) is 80.3 cm³/mol. The summed E-state index contributed by atoms with van der Waals surface area (Å²) in [5, 5.41) is 22.9. The van der Waals surface area contributed by atoms with Crippen molar-refractivity contribution in [2.75, 3.05) is 11.9 Å². The number of ether oxygens (including phenoxy) is 1. The van der Waals surface area contributed by atoms with E-state index in [2.05, 4.69) is 5.32 Å². The Morgan fingerprint density at radius 1 is 1.27 bits per heavy atom. The first-order valence-electron chi connectivity index (χ1n) is 6.11. The number of anilines is 1. The van der Waals surface area contributed by atoms with Crippen molar-refractivity contribution in [3.8, 4) is 11.5 Å². The summed E-state index contributed by atoms with van der Waals surface area (Å²) in [6.45, 7) is -0.316. The molecular formula is C14H11ClN2O5. The van der Waals surface area contributed by atoms with Gasteiger partial charge in [0.25, 0.3) is 11.6 Å². The second kappa shape index (κ2) is 6.77. The van der Waals surface area contributed by atoms with Gasteiger partial charge < -0.3 is 15.2 Å². The molecule has 0 saturated carbocycles. The van der Waals surface area contributed by atoms with E-state index in [1.807, 2.05) is 0 Å². The highest BCUT2D eigenvalue weighted by Crippen LogP contribution is 2.26. The zero-order valence-electron chi connectivity index (χ0n) is 11.2. The average molecular weight is 323 g/mol. The Hall–Kier alpha value is -2.80. The van der Waals surface area contributed by atoms with E-state index >= 15 is 0 Å². The van der Waals surface area contributed by atoms with E-state index in [-0.39, 0.29) is 23.7 Å². The summed E-state index contributed by atoms with van der Waals surface area (Å²) < 4.78 is 5.20. The van der Waals surface area contributed by atoms with Gasteiger partial charge in [-0.2, -0.15) is 0 Å². The predicted octanol–water partition coefficient (Wildman–Crippen LogP) is 2.97. The van der Waals surface area contributed by atoms with E-state index in [0.29, 0.717) is 10.8 Å². The molecule has 2 N–H and O–H groups in total. The average Bonchev–Trinajstić information content (AvgIpc) is 2.49. The van der Waals surface area contributed by atoms with Crippen LogP contribution in [-0.4, -0.2) is 22.5 Å². The number of nitro benzene ring substituents is 1. The molecule has 2 aromatic carbocycles. The van der Waals surface area contributed by atoms with Crippen molar-refractivity contribution in [3.05, 3.63) is 57.6 Å². The number of amides is 1. The number of hydrogen-bond acceptors (Lipinski definition) is 5. The molecule has 114 valence electrons. The van der Waals surface area contributed by atoms with Crippen molar-refractivity contribution in [3.63, 3.8) is 0 Å². The van der Waals surface area contributed by atoms with Crippen molar-refractivity contribution >= 4 is 28.9 Å². The first-order valence-corrected chi connectivity index (χ1v) is 6.49. The van der Waals surface area contributed by atoms with Gasteiger partial charge in [-0.1, -0.05) is 11.6 Å². The zero-order chi connectivity index (χ0) is 16.1. The molecule has 2 rings (SSSR count). The van der Waals surface area contributed by atoms with Crippen LogP contribution in [0.3, 0.4) is 0 Å². The third-order valence-corrected chi connectivity index (χ3v) is 2.89. The topological polar surface area (TPSA) is 102 Å². The lowest BCUT2D eigenvalue weighted by molar-refractivity contribution is -0.384. The summed E-state index contributed by atoms with van der Waals surface area (Å²) in [6, 6.07) is 9.58. The quantitative estimate of drug-likeness (QED) is 0.500. The Morgan fingerprint density at radius 3 is 2.59 bits per heavy atom. The Balaban J connectivity index is 1.92. The molecule has 0 radical (unpaired) electrons. The largest absolute Gasteiger partial charge is 0.506 e. The van der Waals surface area contributed by atoms with Crippen molar-refractivity contribution in [1.82, 2.24) is 0 Å². The van der Waals surface area contributed by atoms with Crippen molar-refractivity contribution in [2.24, 2.45) is 0 Å². The van der Waals surface area contributed by atoms with Crippen LogP contribution in [0.2, 0.25) is 5.02 Å². The Morgan fingerprint density at radius 2 is 1.95 bits per heavy atom. The molecular weight excluding hydrogens is 312 g/mol. The Kier molecular flexibility index (Phi) is 4.80. The van der Waals surface area contributed by atoms with Crippen LogP contribution in [0.15, 0.2) is 42.5 Å². The maximum absolute atomic E-state index is 11.7. The second-order valence-corrected chi connectivity index (χ2v) is 4.69. The number of nitrogens with one attached hydrogen (secondary N) is 1. The van der Waals surface area contributed by atoms with Crippen LogP contribution in [0.5, 0.6) is 11.5 Å². The summed E-state index contributed by atoms with van der Waals surface area (Å²) in [5.41, 5.74) is 0.102. The summed E-state index contributed by atoms with van der Waals surface area (Å²) in [5.74, 6) is -0.305. The van der Waals surface area contributed by atoms with Crippen LogP contribution in [0.1, 0.15) is 0 Å². The first kappa shape index (κ1) is 15.6. The maximum atomic E-state index is 11.7. The number of carbonyl (C=O) groups is 1. The van der Waals surface area contributed by atoms with Gasteiger partial charge in [0.1, 0.15) is 11.5 Å². The van der Waals surface area contributed by atoms with Gasteiger partial charge in [-0.3, -0.25) is 14.9 Å². The van der Waals surface area contributed by atoms with Crippen LogP contribution in [0, 0.1) is 10.1 Å². The number of phenolic OH excluding ortho intramolecular Hbond substituents is 1. The van der Waals surface area contributed by atoms with Crippen LogP contribution in [0.4, 0.5) is 11.4 Å². The van der Waals surface area contributed by atoms with Crippen LogP contribution >= 0.6 is 11.6 Å². The fourth-order valence-electron chi connectivity index (χ4n) is 1.61. The molecule has 0 aromatic heterocycles. The molecule has 0 atom stereocenters. The monoisotopic (exact) mass is 322 g/mol. The third-order valence-electron chi connectivity index (χ3n) is 2.65. The van der Waals surface area contributed by atoms with Gasteiger partial charge in [0.15, 0.2) is 6.61 Å². The minimum Gasteiger partial charge on any atom is -0.506 e. The van der Waals surface area contributed by atoms with Gasteiger partial charge in [0, 0.05) is 17.2 Å². The Bertz CT molecular complexity index is 703. The minimum absolute atomic E-state index is 0.0688. The lowest BCUT2D eigenvalue weighted by atomic mass is 10.3. The van der Waals surface area contributed by atoms with Crippen LogP contribution in [-0.2, 0) is 4.79 Å². The summed E-state index contributed by atoms with van der Waals surface area (Å²) >= 11 is 5.76. The van der Waals surface area contributed by atoms with Gasteiger partial charge >= 0.3 is 0 Å². The zero-order valence-corrected chi connectivity index (χ0v) is 11.9. The van der Waals surface area contributed by atoms with Gasteiger partial charge in [-0.15, -0.1) is 0 Å². The number of aromatic hydroxyl groups is 1. The van der Waals surface area contributed by atoms with Gasteiger partial charge in [-0.25, -0.2) is 0 Å². The molecule has 1 amide bonds.